The van der Waals surface area contributed by atoms with E-state index in [1.807, 2.05) is 20.8 Å². The number of hydrogen-bond acceptors (Lipinski definition) is 6. The molecule has 172 valence electrons. The summed E-state index contributed by atoms with van der Waals surface area (Å²) in [4.78, 5) is 23.1. The van der Waals surface area contributed by atoms with Gasteiger partial charge in [0.25, 0.3) is 0 Å². The molecule has 1 aliphatic heterocycles. The SMILES string of the molecule is COCCCC/C(=N\OC(=O)C1(C)CC(C(C)(C)C)=NO1)c1ccc(C(F)(F)F)cc1. The maximum atomic E-state index is 12.9. The summed E-state index contributed by atoms with van der Waals surface area (Å²) in [6.07, 6.45) is -2.36. The molecule has 1 unspecified atom stereocenters. The van der Waals surface area contributed by atoms with E-state index >= 15 is 0 Å². The first-order valence-electron chi connectivity index (χ1n) is 10.1. The zero-order chi connectivity index (χ0) is 23.3. The minimum Gasteiger partial charge on any atom is -0.385 e. The van der Waals surface area contributed by atoms with E-state index < -0.39 is 23.3 Å². The lowest BCUT2D eigenvalue weighted by molar-refractivity contribution is -0.167. The van der Waals surface area contributed by atoms with Crippen LogP contribution >= 0.6 is 0 Å². The second kappa shape index (κ2) is 9.80. The monoisotopic (exact) mass is 442 g/mol. The van der Waals surface area contributed by atoms with Gasteiger partial charge in [0.05, 0.1) is 17.0 Å². The molecule has 1 aromatic rings. The van der Waals surface area contributed by atoms with Gasteiger partial charge in [-0.05, 0) is 43.9 Å². The van der Waals surface area contributed by atoms with Crippen LogP contribution in [-0.4, -0.2) is 36.7 Å². The van der Waals surface area contributed by atoms with Crippen molar-refractivity contribution in [3.05, 3.63) is 35.4 Å². The standard InChI is InChI=1S/C22H29F3N2O4/c1-20(2,3)18-14-21(4,31-27-18)19(28)30-26-17(8-6-7-13-29-5)15-9-11-16(12-10-15)22(23,24)25/h9-12H,6-8,13-14H2,1-5H3/b26-17+. The molecule has 0 N–H and O–H groups in total. The molecular formula is C22H29F3N2O4. The molecule has 0 spiro atoms. The fourth-order valence-electron chi connectivity index (χ4n) is 2.88. The molecule has 1 heterocycles. The number of methoxy groups -OCH3 is 1. The van der Waals surface area contributed by atoms with E-state index in [2.05, 4.69) is 10.3 Å². The predicted molar refractivity (Wildman–Crippen MR) is 111 cm³/mol. The van der Waals surface area contributed by atoms with Crippen LogP contribution in [0.4, 0.5) is 13.2 Å². The molecule has 2 rings (SSSR count). The average molecular weight is 442 g/mol. The van der Waals surface area contributed by atoms with E-state index in [4.69, 9.17) is 14.4 Å². The second-order valence-corrected chi connectivity index (χ2v) is 8.73. The normalized spacial score (nSPS) is 19.7. The molecule has 0 saturated carbocycles. The van der Waals surface area contributed by atoms with Gasteiger partial charge < -0.3 is 14.4 Å². The molecule has 0 aromatic heterocycles. The van der Waals surface area contributed by atoms with E-state index in [0.717, 1.165) is 24.3 Å². The third-order valence-electron chi connectivity index (χ3n) is 4.96. The van der Waals surface area contributed by atoms with Gasteiger partial charge in [-0.2, -0.15) is 13.2 Å². The van der Waals surface area contributed by atoms with Crippen LogP contribution in [0.3, 0.4) is 0 Å². The molecule has 1 aromatic carbocycles. The number of alkyl halides is 3. The minimum atomic E-state index is -4.43. The lowest BCUT2D eigenvalue weighted by atomic mass is 9.84. The van der Waals surface area contributed by atoms with Gasteiger partial charge in [-0.3, -0.25) is 0 Å². The highest BCUT2D eigenvalue weighted by Crippen LogP contribution is 2.33. The van der Waals surface area contributed by atoms with Crippen LogP contribution < -0.4 is 0 Å². The molecule has 0 bridgehead atoms. The summed E-state index contributed by atoms with van der Waals surface area (Å²) >= 11 is 0. The van der Waals surface area contributed by atoms with Crippen LogP contribution in [0.1, 0.15) is 64.5 Å². The molecule has 0 fully saturated rings. The van der Waals surface area contributed by atoms with Crippen molar-refractivity contribution in [2.75, 3.05) is 13.7 Å². The summed E-state index contributed by atoms with van der Waals surface area (Å²) in [7, 11) is 1.59. The summed E-state index contributed by atoms with van der Waals surface area (Å²) in [6.45, 7) is 8.01. The van der Waals surface area contributed by atoms with Crippen molar-refractivity contribution in [3.63, 3.8) is 0 Å². The fourth-order valence-corrected chi connectivity index (χ4v) is 2.88. The number of ether oxygens (including phenoxy) is 1. The number of rotatable bonds is 8. The number of benzene rings is 1. The quantitative estimate of drug-likeness (QED) is 0.236. The topological polar surface area (TPSA) is 69.5 Å². The van der Waals surface area contributed by atoms with Gasteiger partial charge in [0, 0.05) is 25.6 Å². The fraction of sp³-hybridized carbons (Fsp3) is 0.591. The van der Waals surface area contributed by atoms with Gasteiger partial charge in [0.1, 0.15) is 0 Å². The van der Waals surface area contributed by atoms with Crippen molar-refractivity contribution in [1.82, 2.24) is 0 Å². The van der Waals surface area contributed by atoms with Crippen molar-refractivity contribution < 1.29 is 32.4 Å². The van der Waals surface area contributed by atoms with Crippen molar-refractivity contribution in [1.29, 1.82) is 0 Å². The Morgan fingerprint density at radius 2 is 1.84 bits per heavy atom. The summed E-state index contributed by atoms with van der Waals surface area (Å²) in [5.41, 5.74) is -0.759. The molecule has 0 amide bonds. The average Bonchev–Trinajstić information content (AvgIpc) is 3.11. The van der Waals surface area contributed by atoms with Crippen LogP contribution in [0.2, 0.25) is 0 Å². The van der Waals surface area contributed by atoms with Crippen molar-refractivity contribution in [2.45, 2.75) is 65.2 Å². The van der Waals surface area contributed by atoms with Crippen LogP contribution in [0.15, 0.2) is 34.6 Å². The Morgan fingerprint density at radius 1 is 1.19 bits per heavy atom. The van der Waals surface area contributed by atoms with E-state index in [1.54, 1.807) is 14.0 Å². The Labute approximate surface area is 180 Å². The summed E-state index contributed by atoms with van der Waals surface area (Å²) in [5.74, 6) is -0.711. The highest BCUT2D eigenvalue weighted by Gasteiger charge is 2.46. The lowest BCUT2D eigenvalue weighted by Gasteiger charge is -2.20. The number of nitrogens with zero attached hydrogens (tertiary/aromatic N) is 2. The molecule has 0 aliphatic carbocycles. The van der Waals surface area contributed by atoms with E-state index in [1.165, 1.54) is 12.1 Å². The van der Waals surface area contributed by atoms with Crippen molar-refractivity contribution in [3.8, 4) is 0 Å². The van der Waals surface area contributed by atoms with Crippen molar-refractivity contribution >= 4 is 17.4 Å². The number of carbonyl (C=O) groups is 1. The first-order chi connectivity index (χ1) is 14.4. The highest BCUT2D eigenvalue weighted by molar-refractivity contribution is 6.01. The Bertz CT molecular complexity index is 827. The number of carbonyl (C=O) groups excluding carboxylic acids is 1. The largest absolute Gasteiger partial charge is 0.416 e. The molecule has 0 radical (unpaired) electrons. The number of hydrogen-bond donors (Lipinski definition) is 0. The van der Waals surface area contributed by atoms with Gasteiger partial charge in [-0.25, -0.2) is 4.79 Å². The van der Waals surface area contributed by atoms with Gasteiger partial charge in [-0.15, -0.1) is 0 Å². The lowest BCUT2D eigenvalue weighted by Crippen LogP contribution is -2.38. The summed E-state index contributed by atoms with van der Waals surface area (Å²) in [5, 5.41) is 7.99. The summed E-state index contributed by atoms with van der Waals surface area (Å²) in [6, 6.07) is 4.60. The third-order valence-corrected chi connectivity index (χ3v) is 4.96. The first kappa shape index (κ1) is 24.8. The Balaban J connectivity index is 2.15. The maximum Gasteiger partial charge on any atom is 0.416 e. The molecule has 31 heavy (non-hydrogen) atoms. The van der Waals surface area contributed by atoms with Gasteiger partial charge in [-0.1, -0.05) is 43.2 Å². The molecule has 0 saturated heterocycles. The van der Waals surface area contributed by atoms with Crippen LogP contribution in [-0.2, 0) is 25.4 Å². The Kier molecular flexibility index (Phi) is 7.86. The molecule has 1 atom stereocenters. The predicted octanol–water partition coefficient (Wildman–Crippen LogP) is 5.35. The smallest absolute Gasteiger partial charge is 0.385 e. The van der Waals surface area contributed by atoms with Crippen LogP contribution in [0.25, 0.3) is 0 Å². The molecule has 9 heteroatoms. The van der Waals surface area contributed by atoms with Gasteiger partial charge >= 0.3 is 12.1 Å². The molecule has 1 aliphatic rings. The zero-order valence-electron chi connectivity index (χ0n) is 18.5. The number of oxime groups is 2. The van der Waals surface area contributed by atoms with Crippen LogP contribution in [0.5, 0.6) is 0 Å². The molecule has 6 nitrogen and oxygen atoms in total. The zero-order valence-corrected chi connectivity index (χ0v) is 18.5. The second-order valence-electron chi connectivity index (χ2n) is 8.73. The van der Waals surface area contributed by atoms with Crippen LogP contribution in [0, 0.1) is 5.41 Å². The number of halogens is 3. The van der Waals surface area contributed by atoms with E-state index in [0.29, 0.717) is 30.7 Å². The third kappa shape index (κ3) is 6.78. The first-order valence-corrected chi connectivity index (χ1v) is 10.1. The van der Waals surface area contributed by atoms with Gasteiger partial charge in [0.2, 0.25) is 5.60 Å². The minimum absolute atomic E-state index is 0.256. The van der Waals surface area contributed by atoms with Crippen molar-refractivity contribution in [2.24, 2.45) is 15.7 Å². The highest BCUT2D eigenvalue weighted by atomic mass is 19.4. The summed E-state index contributed by atoms with van der Waals surface area (Å²) < 4.78 is 43.6. The molecular weight excluding hydrogens is 413 g/mol. The maximum absolute atomic E-state index is 12.9. The number of unbranched alkanes of at least 4 members (excludes halogenated alkanes) is 1. The van der Waals surface area contributed by atoms with Gasteiger partial charge in [0.15, 0.2) is 0 Å². The Morgan fingerprint density at radius 3 is 2.35 bits per heavy atom. The van der Waals surface area contributed by atoms with E-state index in [-0.39, 0.29) is 11.8 Å². The Hall–Kier alpha value is -2.42. The van der Waals surface area contributed by atoms with E-state index in [9.17, 15) is 18.0 Å².